The third kappa shape index (κ3) is 2.84. The van der Waals surface area contributed by atoms with Crippen molar-refractivity contribution in [2.75, 3.05) is 19.6 Å². The first-order chi connectivity index (χ1) is 8.70. The number of nitrogens with zero attached hydrogens (tertiary/aromatic N) is 2. The molecule has 0 radical (unpaired) electrons. The van der Waals surface area contributed by atoms with E-state index in [4.69, 9.17) is 5.73 Å². The van der Waals surface area contributed by atoms with E-state index in [0.29, 0.717) is 30.9 Å². The van der Waals surface area contributed by atoms with Crippen molar-refractivity contribution >= 4 is 11.8 Å². The lowest BCUT2D eigenvalue weighted by atomic mass is 10.2. The Labute approximate surface area is 105 Å². The van der Waals surface area contributed by atoms with Crippen LogP contribution in [0.5, 0.6) is 0 Å². The van der Waals surface area contributed by atoms with E-state index in [1.807, 2.05) is 0 Å². The van der Waals surface area contributed by atoms with Gasteiger partial charge in [0.2, 0.25) is 5.91 Å². The van der Waals surface area contributed by atoms with Crippen molar-refractivity contribution in [2.45, 2.75) is 13.0 Å². The molecule has 2 heterocycles. The van der Waals surface area contributed by atoms with E-state index < -0.39 is 0 Å². The summed E-state index contributed by atoms with van der Waals surface area (Å²) in [5.41, 5.74) is 6.69. The average Bonchev–Trinajstić information content (AvgIpc) is 2.62. The van der Waals surface area contributed by atoms with Gasteiger partial charge in [0, 0.05) is 31.4 Å². The van der Waals surface area contributed by atoms with E-state index >= 15 is 0 Å². The highest BCUT2D eigenvalue weighted by Crippen LogP contribution is 2.08. The molecule has 6 heteroatoms. The van der Waals surface area contributed by atoms with E-state index in [2.05, 4.69) is 10.3 Å². The molecular weight excluding hydrogens is 232 g/mol. The molecule has 2 rings (SSSR count). The molecule has 3 N–H and O–H groups in total. The zero-order valence-electron chi connectivity index (χ0n) is 10.1. The van der Waals surface area contributed by atoms with E-state index in [-0.39, 0.29) is 18.4 Å². The number of hydrogen-bond donors (Lipinski definition) is 2. The summed E-state index contributed by atoms with van der Waals surface area (Å²) in [5, 5.41) is 2.74. The largest absolute Gasteiger partial charge is 0.354 e. The van der Waals surface area contributed by atoms with Gasteiger partial charge in [-0.15, -0.1) is 0 Å². The van der Waals surface area contributed by atoms with E-state index in [0.717, 1.165) is 6.42 Å². The summed E-state index contributed by atoms with van der Waals surface area (Å²) >= 11 is 0. The fourth-order valence-electron chi connectivity index (χ4n) is 1.88. The summed E-state index contributed by atoms with van der Waals surface area (Å²) in [7, 11) is 0. The Hall–Kier alpha value is -1.95. The van der Waals surface area contributed by atoms with Gasteiger partial charge in [0.25, 0.3) is 5.91 Å². The summed E-state index contributed by atoms with van der Waals surface area (Å²) in [6.45, 7) is 1.60. The zero-order chi connectivity index (χ0) is 13.0. The highest BCUT2D eigenvalue weighted by atomic mass is 16.2. The average molecular weight is 248 g/mol. The standard InChI is InChI=1S/C12H16N4O2/c13-7-10-6-9(2-4-14-10)12(18)16-5-1-3-15-11(17)8-16/h2,4,6H,1,3,5,7-8,13H2,(H,15,17). The second kappa shape index (κ2) is 5.59. The van der Waals surface area contributed by atoms with Gasteiger partial charge in [0.1, 0.15) is 0 Å². The Bertz CT molecular complexity index is 461. The molecule has 0 unspecified atom stereocenters. The molecular formula is C12H16N4O2. The number of carbonyl (C=O) groups is 2. The molecule has 1 fully saturated rings. The van der Waals surface area contributed by atoms with Crippen LogP contribution in [0.3, 0.4) is 0 Å². The topological polar surface area (TPSA) is 88.3 Å². The smallest absolute Gasteiger partial charge is 0.254 e. The predicted molar refractivity (Wildman–Crippen MR) is 65.7 cm³/mol. The third-order valence-corrected chi connectivity index (χ3v) is 2.82. The van der Waals surface area contributed by atoms with Crippen LogP contribution in [0, 0.1) is 0 Å². The Kier molecular flexibility index (Phi) is 3.88. The minimum atomic E-state index is -0.149. The van der Waals surface area contributed by atoms with Crippen LogP contribution in [0.25, 0.3) is 0 Å². The Morgan fingerprint density at radius 3 is 3.17 bits per heavy atom. The second-order valence-electron chi connectivity index (χ2n) is 4.17. The number of amides is 2. The van der Waals surface area contributed by atoms with Gasteiger partial charge in [-0.05, 0) is 18.6 Å². The number of pyridine rings is 1. The van der Waals surface area contributed by atoms with Crippen molar-refractivity contribution in [3.63, 3.8) is 0 Å². The van der Waals surface area contributed by atoms with Crippen molar-refractivity contribution in [3.05, 3.63) is 29.6 Å². The Morgan fingerprint density at radius 2 is 2.39 bits per heavy atom. The maximum Gasteiger partial charge on any atom is 0.254 e. The maximum absolute atomic E-state index is 12.2. The fourth-order valence-corrected chi connectivity index (χ4v) is 1.88. The van der Waals surface area contributed by atoms with Crippen molar-refractivity contribution in [2.24, 2.45) is 5.73 Å². The van der Waals surface area contributed by atoms with Crippen LogP contribution < -0.4 is 11.1 Å². The Morgan fingerprint density at radius 1 is 1.56 bits per heavy atom. The van der Waals surface area contributed by atoms with Crippen molar-refractivity contribution in [1.82, 2.24) is 15.2 Å². The molecule has 1 aliphatic rings. The molecule has 1 aliphatic heterocycles. The number of carbonyl (C=O) groups excluding carboxylic acids is 2. The van der Waals surface area contributed by atoms with Crippen LogP contribution in [0.2, 0.25) is 0 Å². The number of hydrogen-bond acceptors (Lipinski definition) is 4. The lowest BCUT2D eigenvalue weighted by Gasteiger charge is -2.19. The monoisotopic (exact) mass is 248 g/mol. The summed E-state index contributed by atoms with van der Waals surface area (Å²) in [5.74, 6) is -0.266. The Balaban J connectivity index is 2.16. The molecule has 1 aromatic heterocycles. The summed E-state index contributed by atoms with van der Waals surface area (Å²) in [6, 6.07) is 3.31. The summed E-state index contributed by atoms with van der Waals surface area (Å²) < 4.78 is 0. The van der Waals surface area contributed by atoms with Crippen LogP contribution in [-0.4, -0.2) is 41.3 Å². The van der Waals surface area contributed by atoms with Crippen LogP contribution in [0.1, 0.15) is 22.5 Å². The lowest BCUT2D eigenvalue weighted by Crippen LogP contribution is -2.37. The number of aromatic nitrogens is 1. The molecule has 0 atom stereocenters. The van der Waals surface area contributed by atoms with Gasteiger partial charge >= 0.3 is 0 Å². The number of nitrogens with one attached hydrogen (secondary N) is 1. The SMILES string of the molecule is NCc1cc(C(=O)N2CCCNC(=O)C2)ccn1. The predicted octanol–water partition coefficient (Wildman–Crippen LogP) is -0.498. The first-order valence-electron chi connectivity index (χ1n) is 5.91. The van der Waals surface area contributed by atoms with Gasteiger partial charge < -0.3 is 16.0 Å². The lowest BCUT2D eigenvalue weighted by molar-refractivity contribution is -0.121. The van der Waals surface area contributed by atoms with Crippen molar-refractivity contribution < 1.29 is 9.59 Å². The van der Waals surface area contributed by atoms with E-state index in [9.17, 15) is 9.59 Å². The van der Waals surface area contributed by atoms with Gasteiger partial charge in [0.15, 0.2) is 0 Å². The number of rotatable bonds is 2. The minimum absolute atomic E-state index is 0.110. The molecule has 0 aromatic carbocycles. The molecule has 96 valence electrons. The quantitative estimate of drug-likeness (QED) is 0.738. The van der Waals surface area contributed by atoms with Gasteiger partial charge in [-0.25, -0.2) is 0 Å². The van der Waals surface area contributed by atoms with E-state index in [1.165, 1.54) is 0 Å². The zero-order valence-corrected chi connectivity index (χ0v) is 10.1. The molecule has 0 saturated carbocycles. The van der Waals surface area contributed by atoms with Gasteiger partial charge in [-0.1, -0.05) is 0 Å². The van der Waals surface area contributed by atoms with Crippen LogP contribution in [0.4, 0.5) is 0 Å². The van der Waals surface area contributed by atoms with Crippen molar-refractivity contribution in [1.29, 1.82) is 0 Å². The molecule has 0 spiro atoms. The summed E-state index contributed by atoms with van der Waals surface area (Å²) in [4.78, 5) is 29.3. The molecule has 18 heavy (non-hydrogen) atoms. The van der Waals surface area contributed by atoms with Crippen LogP contribution in [0.15, 0.2) is 18.3 Å². The number of nitrogens with two attached hydrogens (primary N) is 1. The first kappa shape index (κ1) is 12.5. The second-order valence-corrected chi connectivity index (χ2v) is 4.17. The highest BCUT2D eigenvalue weighted by Gasteiger charge is 2.21. The molecule has 6 nitrogen and oxygen atoms in total. The molecule has 2 amide bonds. The van der Waals surface area contributed by atoms with Gasteiger partial charge in [-0.3, -0.25) is 14.6 Å². The van der Waals surface area contributed by atoms with E-state index in [1.54, 1.807) is 23.2 Å². The maximum atomic E-state index is 12.2. The van der Waals surface area contributed by atoms with Gasteiger partial charge in [0.05, 0.1) is 12.2 Å². The van der Waals surface area contributed by atoms with Gasteiger partial charge in [-0.2, -0.15) is 0 Å². The normalized spacial score (nSPS) is 16.1. The molecule has 1 aromatic rings. The molecule has 0 aliphatic carbocycles. The minimum Gasteiger partial charge on any atom is -0.354 e. The van der Waals surface area contributed by atoms with Crippen LogP contribution >= 0.6 is 0 Å². The third-order valence-electron chi connectivity index (χ3n) is 2.82. The first-order valence-corrected chi connectivity index (χ1v) is 5.91. The molecule has 0 bridgehead atoms. The highest BCUT2D eigenvalue weighted by molar-refractivity contribution is 5.96. The van der Waals surface area contributed by atoms with Crippen LogP contribution in [-0.2, 0) is 11.3 Å². The fraction of sp³-hybridized carbons (Fsp3) is 0.417. The molecule has 1 saturated heterocycles. The summed E-state index contributed by atoms with van der Waals surface area (Å²) in [6.07, 6.45) is 2.33. The van der Waals surface area contributed by atoms with Crippen molar-refractivity contribution in [3.8, 4) is 0 Å².